The van der Waals surface area contributed by atoms with Crippen LogP contribution in [0, 0.1) is 0 Å². The number of rotatable bonds is 13. The number of anilines is 1. The maximum atomic E-state index is 11.3. The Balaban J connectivity index is 0.00000423. The number of aromatic nitrogens is 1. The summed E-state index contributed by atoms with van der Waals surface area (Å²) in [6.07, 6.45) is 13.1. The minimum atomic E-state index is -4.28. The molecule has 0 atom stereocenters. The quantitative estimate of drug-likeness (QED) is 0.0317. The standard InChI is InChI=1S/C31H30N2O6S3.Na/c34-38-39-40-22-8-19-32-21-18-25(26-12-6-7-14-28(26)32)10-2-1-3-15-30-33(20-9-23-42(35,36)37)31-27-13-5-4-11-24(27)16-17-29(31)41-30;/h1-7,10-18,21H,8-9,19-20,22-23H2,(H-,34,35,36,37);/q;+1/p-1. The maximum absolute atomic E-state index is 11.3. The fraction of sp³-hybridized carbons (Fsp3) is 0.194. The maximum Gasteiger partial charge on any atom is 1.00 e. The molecule has 0 radical (unpaired) electrons. The third kappa shape index (κ3) is 8.95. The van der Waals surface area contributed by atoms with Crippen molar-refractivity contribution in [2.24, 2.45) is 0 Å². The molecule has 2 heterocycles. The Hall–Kier alpha value is -2.16. The van der Waals surface area contributed by atoms with Gasteiger partial charge in [-0.2, -0.15) is 8.90 Å². The molecule has 0 aliphatic carbocycles. The molecule has 0 amide bonds. The zero-order chi connectivity index (χ0) is 29.4. The number of hydrogen-bond acceptors (Lipinski definition) is 9. The molecule has 12 heteroatoms. The smallest absolute Gasteiger partial charge is 0.748 e. The zero-order valence-electron chi connectivity index (χ0n) is 23.6. The number of pyridine rings is 1. The van der Waals surface area contributed by atoms with Gasteiger partial charge in [-0.05, 0) is 35.6 Å². The van der Waals surface area contributed by atoms with E-state index in [0.29, 0.717) is 12.3 Å². The summed E-state index contributed by atoms with van der Waals surface area (Å²) in [4.78, 5) is 3.21. The van der Waals surface area contributed by atoms with E-state index < -0.39 is 15.9 Å². The molecule has 218 valence electrons. The van der Waals surface area contributed by atoms with Crippen molar-refractivity contribution in [1.82, 2.24) is 0 Å². The molecule has 0 saturated heterocycles. The van der Waals surface area contributed by atoms with Gasteiger partial charge in [0.15, 0.2) is 6.20 Å². The minimum absolute atomic E-state index is 0. The van der Waals surface area contributed by atoms with Gasteiger partial charge >= 0.3 is 29.6 Å². The predicted molar refractivity (Wildman–Crippen MR) is 166 cm³/mol. The van der Waals surface area contributed by atoms with Gasteiger partial charge in [-0.25, -0.2) is 8.42 Å². The Morgan fingerprint density at radius 1 is 0.953 bits per heavy atom. The van der Waals surface area contributed by atoms with Crippen molar-refractivity contribution in [2.45, 2.75) is 24.3 Å². The topological polar surface area (TPSA) is 106 Å². The van der Waals surface area contributed by atoms with E-state index in [-0.39, 0.29) is 36.0 Å². The Morgan fingerprint density at radius 3 is 2.56 bits per heavy atom. The van der Waals surface area contributed by atoms with Gasteiger partial charge in [0.2, 0.25) is 5.52 Å². The van der Waals surface area contributed by atoms with Crippen molar-refractivity contribution in [3.05, 3.63) is 108 Å². The van der Waals surface area contributed by atoms with Crippen LogP contribution in [0.15, 0.2) is 107 Å². The Kier molecular flexibility index (Phi) is 12.7. The zero-order valence-corrected chi connectivity index (χ0v) is 28.1. The van der Waals surface area contributed by atoms with Crippen molar-refractivity contribution < 1.29 is 61.7 Å². The van der Waals surface area contributed by atoms with E-state index >= 15 is 0 Å². The van der Waals surface area contributed by atoms with Crippen molar-refractivity contribution in [3.63, 3.8) is 0 Å². The van der Waals surface area contributed by atoms with Gasteiger partial charge < -0.3 is 14.7 Å². The van der Waals surface area contributed by atoms with Crippen LogP contribution in [0.4, 0.5) is 5.69 Å². The molecule has 1 aromatic heterocycles. The van der Waals surface area contributed by atoms with Crippen molar-refractivity contribution in [1.29, 1.82) is 0 Å². The largest absolute Gasteiger partial charge is 1.00 e. The summed E-state index contributed by atoms with van der Waals surface area (Å²) < 4.78 is 40.3. The van der Waals surface area contributed by atoms with E-state index in [1.807, 2.05) is 48.6 Å². The second-order valence-corrected chi connectivity index (χ2v) is 12.9. The van der Waals surface area contributed by atoms with E-state index in [1.54, 1.807) is 11.8 Å². The molecular formula is C31H29N2NaO6S3. The number of thioether (sulfide) groups is 1. The van der Waals surface area contributed by atoms with Gasteiger partial charge in [0.1, 0.15) is 6.54 Å². The van der Waals surface area contributed by atoms with Crippen LogP contribution in [0.2, 0.25) is 0 Å². The second kappa shape index (κ2) is 16.2. The van der Waals surface area contributed by atoms with Gasteiger partial charge in [-0.1, -0.05) is 78.5 Å². The fourth-order valence-corrected chi connectivity index (χ4v) is 6.93. The summed E-state index contributed by atoms with van der Waals surface area (Å²) in [6.45, 7) is 1.21. The van der Waals surface area contributed by atoms with Gasteiger partial charge in [0.05, 0.1) is 26.2 Å². The molecule has 5 rings (SSSR count). The molecular weight excluding hydrogens is 616 g/mol. The van der Waals surface area contributed by atoms with Crippen LogP contribution in [-0.2, 0) is 26.0 Å². The fourth-order valence-electron chi connectivity index (χ4n) is 4.98. The predicted octanol–water partition coefficient (Wildman–Crippen LogP) is 2.50. The van der Waals surface area contributed by atoms with Crippen LogP contribution in [0.5, 0.6) is 0 Å². The summed E-state index contributed by atoms with van der Waals surface area (Å²) >= 11 is 2.63. The van der Waals surface area contributed by atoms with Gasteiger partial charge in [-0.3, -0.25) is 5.04 Å². The summed E-state index contributed by atoms with van der Waals surface area (Å²) in [5, 5.41) is 17.6. The number of fused-ring (bicyclic) bond motifs is 4. The van der Waals surface area contributed by atoms with Crippen molar-refractivity contribution >= 4 is 67.4 Å². The molecule has 3 aromatic carbocycles. The molecule has 0 N–H and O–H groups in total. The minimum Gasteiger partial charge on any atom is -0.748 e. The third-order valence-electron chi connectivity index (χ3n) is 6.79. The van der Waals surface area contributed by atoms with E-state index in [2.05, 4.69) is 73.6 Å². The van der Waals surface area contributed by atoms with E-state index in [0.717, 1.165) is 67.9 Å². The third-order valence-corrected chi connectivity index (χ3v) is 9.30. The summed E-state index contributed by atoms with van der Waals surface area (Å²) in [6, 6.07) is 22.6. The monoisotopic (exact) mass is 644 g/mol. The average molecular weight is 645 g/mol. The molecule has 0 unspecified atom stereocenters. The number of benzene rings is 3. The average Bonchev–Trinajstić information content (AvgIpc) is 3.34. The number of nitrogens with zero attached hydrogens (tertiary/aromatic N) is 2. The Morgan fingerprint density at radius 2 is 1.74 bits per heavy atom. The van der Waals surface area contributed by atoms with Crippen LogP contribution >= 0.6 is 23.8 Å². The first-order valence-electron chi connectivity index (χ1n) is 13.4. The first kappa shape index (κ1) is 33.7. The van der Waals surface area contributed by atoms with Crippen LogP contribution < -0.4 is 44.3 Å². The van der Waals surface area contributed by atoms with Crippen LogP contribution in [0.25, 0.3) is 27.8 Å². The molecule has 43 heavy (non-hydrogen) atoms. The number of aryl methyl sites for hydroxylation is 1. The SMILES string of the molecule is O=S(=O)([O-])CCCN1/C(=C/C=C/C=C/c2cc[n+](CCCSOO[O-])c3ccccc23)Sc2ccc3ccccc3c21.[Na+]. The molecule has 0 spiro atoms. The molecule has 1 aliphatic heterocycles. The molecule has 4 aromatic rings. The van der Waals surface area contributed by atoms with Crippen LogP contribution in [0.1, 0.15) is 18.4 Å². The van der Waals surface area contributed by atoms with Gasteiger partial charge in [0, 0.05) is 58.9 Å². The van der Waals surface area contributed by atoms with Crippen molar-refractivity contribution in [2.75, 3.05) is 23.0 Å². The van der Waals surface area contributed by atoms with E-state index in [1.165, 1.54) is 0 Å². The molecule has 0 fully saturated rings. The first-order valence-corrected chi connectivity index (χ1v) is 16.7. The molecule has 0 saturated carbocycles. The summed E-state index contributed by atoms with van der Waals surface area (Å²) in [7, 11) is -4.28. The molecule has 0 bridgehead atoms. The normalized spacial score (nSPS) is 14.4. The van der Waals surface area contributed by atoms with Gasteiger partial charge in [0.25, 0.3) is 0 Å². The molecule has 8 nitrogen and oxygen atoms in total. The Bertz CT molecular complexity index is 1760. The number of allylic oxidation sites excluding steroid dienone is 4. The van der Waals surface area contributed by atoms with Crippen molar-refractivity contribution in [3.8, 4) is 0 Å². The first-order chi connectivity index (χ1) is 20.4. The van der Waals surface area contributed by atoms with E-state index in [4.69, 9.17) is 0 Å². The summed E-state index contributed by atoms with van der Waals surface area (Å²) in [5.74, 6) is 0.245. The number of hydrogen-bond donors (Lipinski definition) is 0. The molecule has 1 aliphatic rings. The van der Waals surface area contributed by atoms with Gasteiger partial charge in [-0.15, -0.1) is 0 Å². The number of para-hydroxylation sites is 1. The van der Waals surface area contributed by atoms with Crippen LogP contribution in [-0.4, -0.2) is 31.0 Å². The Labute approximate surface area is 282 Å². The summed E-state index contributed by atoms with van der Waals surface area (Å²) in [5.41, 5.74) is 3.25. The van der Waals surface area contributed by atoms with E-state index in [9.17, 15) is 18.2 Å². The second-order valence-electron chi connectivity index (χ2n) is 9.54. The van der Waals surface area contributed by atoms with Crippen LogP contribution in [0.3, 0.4) is 0 Å².